The fraction of sp³-hybridized carbons (Fsp3) is 0.712. The third-order valence-corrected chi connectivity index (χ3v) is 9.99. The van der Waals surface area contributed by atoms with Gasteiger partial charge < -0.3 is 14.2 Å². The maximum absolute atomic E-state index is 12.7. The van der Waals surface area contributed by atoms with E-state index in [4.69, 9.17) is 14.2 Å². The molecule has 0 aliphatic carbocycles. The molecule has 0 heterocycles. The van der Waals surface area contributed by atoms with Gasteiger partial charge in [0.2, 0.25) is 0 Å². The van der Waals surface area contributed by atoms with Crippen molar-refractivity contribution in [3.63, 3.8) is 0 Å². The smallest absolute Gasteiger partial charge is 0.306 e. The van der Waals surface area contributed by atoms with E-state index in [0.29, 0.717) is 19.3 Å². The lowest BCUT2D eigenvalue weighted by molar-refractivity contribution is -0.167. The number of allylic oxidation sites excluding steroid dienone is 12. The fourth-order valence-electron chi connectivity index (χ4n) is 6.41. The highest BCUT2D eigenvalue weighted by molar-refractivity contribution is 5.71. The van der Waals surface area contributed by atoms with Crippen LogP contribution in [-0.4, -0.2) is 37.2 Å². The minimum Gasteiger partial charge on any atom is -0.462 e. The van der Waals surface area contributed by atoms with E-state index in [0.717, 1.165) is 103 Å². The van der Waals surface area contributed by atoms with Crippen molar-refractivity contribution in [2.24, 2.45) is 0 Å². The maximum Gasteiger partial charge on any atom is 0.306 e. The molecule has 0 aliphatic heterocycles. The van der Waals surface area contributed by atoms with Crippen molar-refractivity contribution in [1.82, 2.24) is 0 Å². The quantitative estimate of drug-likeness (QED) is 0.0201. The molecule has 0 aliphatic rings. The van der Waals surface area contributed by atoms with Crippen molar-refractivity contribution < 1.29 is 28.6 Å². The number of unbranched alkanes of at least 4 members (excludes halogenated alkanes) is 21. The van der Waals surface area contributed by atoms with Gasteiger partial charge in [0.15, 0.2) is 6.10 Å². The van der Waals surface area contributed by atoms with Gasteiger partial charge in [0.05, 0.1) is 0 Å². The third kappa shape index (κ3) is 44.0. The van der Waals surface area contributed by atoms with Crippen LogP contribution >= 0.6 is 0 Å². The van der Waals surface area contributed by atoms with Crippen LogP contribution in [0.2, 0.25) is 0 Å². The normalized spacial score (nSPS) is 12.7. The topological polar surface area (TPSA) is 78.9 Å². The second-order valence-corrected chi connectivity index (χ2v) is 15.7. The molecule has 58 heavy (non-hydrogen) atoms. The van der Waals surface area contributed by atoms with E-state index in [9.17, 15) is 14.4 Å². The van der Waals surface area contributed by atoms with Gasteiger partial charge in [0.1, 0.15) is 13.2 Å². The summed E-state index contributed by atoms with van der Waals surface area (Å²) in [6.45, 7) is 6.31. The molecular formula is C52H88O6. The molecule has 0 aromatic carbocycles. The van der Waals surface area contributed by atoms with Crippen molar-refractivity contribution in [3.05, 3.63) is 72.9 Å². The van der Waals surface area contributed by atoms with Gasteiger partial charge in [-0.3, -0.25) is 14.4 Å². The molecule has 0 bridgehead atoms. The summed E-state index contributed by atoms with van der Waals surface area (Å²) in [5, 5.41) is 0. The summed E-state index contributed by atoms with van der Waals surface area (Å²) in [7, 11) is 0. The summed E-state index contributed by atoms with van der Waals surface area (Å²) >= 11 is 0. The predicted molar refractivity (Wildman–Crippen MR) is 247 cm³/mol. The van der Waals surface area contributed by atoms with Gasteiger partial charge in [-0.15, -0.1) is 0 Å². The lowest BCUT2D eigenvalue weighted by atomic mass is 10.1. The van der Waals surface area contributed by atoms with E-state index >= 15 is 0 Å². The number of carbonyl (C=O) groups excluding carboxylic acids is 3. The molecule has 1 atom stereocenters. The Bertz CT molecular complexity index is 1110. The van der Waals surface area contributed by atoms with Crippen LogP contribution in [0, 0.1) is 0 Å². The number of rotatable bonds is 42. The highest BCUT2D eigenvalue weighted by Crippen LogP contribution is 2.13. The van der Waals surface area contributed by atoms with Crippen LogP contribution in [0.4, 0.5) is 0 Å². The Labute approximate surface area is 357 Å². The molecule has 0 saturated carbocycles. The zero-order valence-corrected chi connectivity index (χ0v) is 37.8. The van der Waals surface area contributed by atoms with Crippen molar-refractivity contribution in [2.45, 2.75) is 226 Å². The third-order valence-electron chi connectivity index (χ3n) is 9.99. The Morgan fingerprint density at radius 3 is 1.28 bits per heavy atom. The predicted octanol–water partition coefficient (Wildman–Crippen LogP) is 15.5. The monoisotopic (exact) mass is 809 g/mol. The second kappa shape index (κ2) is 46.5. The Morgan fingerprint density at radius 1 is 0.379 bits per heavy atom. The van der Waals surface area contributed by atoms with Crippen molar-refractivity contribution >= 4 is 17.9 Å². The standard InChI is InChI=1S/C52H88O6/c1-4-7-10-13-16-19-21-23-24-25-26-27-29-30-33-36-39-42-45-51(54)57-48-49(47-56-50(53)44-41-38-35-32-18-15-12-9-6-3)58-52(55)46-43-40-37-34-31-28-22-20-17-14-11-8-5-2/h8-9,11-12,14,17-18,20,22,26-27,32,49H,4-7,10,13,15-16,19,21,23-25,28-31,33-48H2,1-3H3/b11-8-,12-9-,17-14-,22-20-,27-26-,32-18-. The molecule has 0 aromatic rings. The average molecular weight is 809 g/mol. The van der Waals surface area contributed by atoms with Gasteiger partial charge >= 0.3 is 17.9 Å². The first-order chi connectivity index (χ1) is 28.5. The van der Waals surface area contributed by atoms with E-state index in [1.165, 1.54) is 77.0 Å². The summed E-state index contributed by atoms with van der Waals surface area (Å²) in [6, 6.07) is 0. The number of esters is 3. The molecule has 0 fully saturated rings. The summed E-state index contributed by atoms with van der Waals surface area (Å²) in [6.07, 6.45) is 57.6. The Morgan fingerprint density at radius 2 is 0.759 bits per heavy atom. The molecule has 0 radical (unpaired) electrons. The van der Waals surface area contributed by atoms with Gasteiger partial charge in [-0.25, -0.2) is 0 Å². The van der Waals surface area contributed by atoms with Crippen LogP contribution in [-0.2, 0) is 28.6 Å². The van der Waals surface area contributed by atoms with Crippen LogP contribution in [0.5, 0.6) is 0 Å². The maximum atomic E-state index is 12.7. The molecule has 0 amide bonds. The van der Waals surface area contributed by atoms with Crippen molar-refractivity contribution in [2.75, 3.05) is 13.2 Å². The van der Waals surface area contributed by atoms with Crippen LogP contribution in [0.3, 0.4) is 0 Å². The van der Waals surface area contributed by atoms with Gasteiger partial charge in [-0.2, -0.15) is 0 Å². The van der Waals surface area contributed by atoms with Gasteiger partial charge in [0, 0.05) is 19.3 Å². The van der Waals surface area contributed by atoms with E-state index in [1.807, 2.05) is 0 Å². The summed E-state index contributed by atoms with van der Waals surface area (Å²) in [4.78, 5) is 37.7. The summed E-state index contributed by atoms with van der Waals surface area (Å²) < 4.78 is 16.7. The lowest BCUT2D eigenvalue weighted by Crippen LogP contribution is -2.30. The molecule has 0 spiro atoms. The first kappa shape index (κ1) is 54.9. The lowest BCUT2D eigenvalue weighted by Gasteiger charge is -2.18. The van der Waals surface area contributed by atoms with Crippen LogP contribution in [0.1, 0.15) is 220 Å². The number of carbonyl (C=O) groups is 3. The minimum atomic E-state index is -0.800. The SMILES string of the molecule is CC\C=C/C=C\C=C/CCCCCCCC(=O)OC(COC(=O)CCCC/C=C\C/C=C\CC)COC(=O)CCCCCCC/C=C\CCCCCCCCCCC. The van der Waals surface area contributed by atoms with Crippen molar-refractivity contribution in [1.29, 1.82) is 0 Å². The van der Waals surface area contributed by atoms with Crippen molar-refractivity contribution in [3.8, 4) is 0 Å². The number of ether oxygens (including phenoxy) is 3. The summed E-state index contributed by atoms with van der Waals surface area (Å²) in [5.41, 5.74) is 0. The first-order valence-electron chi connectivity index (χ1n) is 24.0. The molecule has 0 aromatic heterocycles. The Kier molecular flexibility index (Phi) is 44.0. The van der Waals surface area contributed by atoms with Gasteiger partial charge in [0.25, 0.3) is 0 Å². The molecule has 0 saturated heterocycles. The Balaban J connectivity index is 4.37. The molecule has 6 heteroatoms. The molecule has 0 N–H and O–H groups in total. The zero-order valence-electron chi connectivity index (χ0n) is 37.8. The van der Waals surface area contributed by atoms with E-state index < -0.39 is 6.10 Å². The highest BCUT2D eigenvalue weighted by Gasteiger charge is 2.19. The van der Waals surface area contributed by atoms with E-state index in [1.54, 1.807) is 0 Å². The van der Waals surface area contributed by atoms with Crippen LogP contribution < -0.4 is 0 Å². The number of hydrogen-bond acceptors (Lipinski definition) is 6. The molecule has 1 unspecified atom stereocenters. The zero-order chi connectivity index (χ0) is 42.3. The molecule has 6 nitrogen and oxygen atoms in total. The van der Waals surface area contributed by atoms with Crippen LogP contribution in [0.15, 0.2) is 72.9 Å². The van der Waals surface area contributed by atoms with Gasteiger partial charge in [-0.05, 0) is 89.9 Å². The molecule has 332 valence electrons. The van der Waals surface area contributed by atoms with Gasteiger partial charge in [-0.1, -0.05) is 184 Å². The van der Waals surface area contributed by atoms with Crippen LogP contribution in [0.25, 0.3) is 0 Å². The first-order valence-corrected chi connectivity index (χ1v) is 24.0. The highest BCUT2D eigenvalue weighted by atomic mass is 16.6. The molecular weight excluding hydrogens is 721 g/mol. The van der Waals surface area contributed by atoms with E-state index in [2.05, 4.69) is 93.7 Å². The summed E-state index contributed by atoms with van der Waals surface area (Å²) in [5.74, 6) is -0.970. The largest absolute Gasteiger partial charge is 0.462 e. The van der Waals surface area contributed by atoms with E-state index in [-0.39, 0.29) is 31.1 Å². The number of hydrogen-bond donors (Lipinski definition) is 0. The Hall–Kier alpha value is -3.15. The second-order valence-electron chi connectivity index (χ2n) is 15.7. The molecule has 0 rings (SSSR count). The fourth-order valence-corrected chi connectivity index (χ4v) is 6.41. The average Bonchev–Trinajstić information content (AvgIpc) is 3.22. The minimum absolute atomic E-state index is 0.0991.